The molecule has 2 atom stereocenters. The first-order chi connectivity index (χ1) is 12.5. The first-order valence-corrected chi connectivity index (χ1v) is 11.2. The molecule has 2 aromatic carbocycles. The quantitative estimate of drug-likeness (QED) is 0.433. The van der Waals surface area contributed by atoms with Gasteiger partial charge in [-0.1, -0.05) is 55.8 Å². The van der Waals surface area contributed by atoms with Crippen LogP contribution in [0.1, 0.15) is 37.8 Å². The summed E-state index contributed by atoms with van der Waals surface area (Å²) in [7, 11) is -2.93. The van der Waals surface area contributed by atoms with Gasteiger partial charge in [0, 0.05) is 6.04 Å². The minimum absolute atomic E-state index is 0.0856. The second-order valence-corrected chi connectivity index (χ2v) is 9.21. The van der Waals surface area contributed by atoms with Gasteiger partial charge in [0.15, 0.2) is 6.35 Å². The van der Waals surface area contributed by atoms with E-state index in [1.54, 1.807) is 0 Å². The lowest BCUT2D eigenvalue weighted by Gasteiger charge is -2.19. The average Bonchev–Trinajstić information content (AvgIpc) is 2.63. The van der Waals surface area contributed by atoms with E-state index >= 15 is 0 Å². The fourth-order valence-electron chi connectivity index (χ4n) is 2.62. The predicted molar refractivity (Wildman–Crippen MR) is 108 cm³/mol. The highest BCUT2D eigenvalue weighted by Crippen LogP contribution is 2.50. The normalized spacial score (nSPS) is 14.6. The molecular weight excluding hydrogens is 345 g/mol. The fourth-order valence-corrected chi connectivity index (χ4v) is 4.46. The van der Waals surface area contributed by atoms with Gasteiger partial charge in [0.25, 0.3) is 0 Å². The Balaban J connectivity index is 2.03. The molecule has 0 aliphatic rings. The number of para-hydroxylation sites is 1. The summed E-state index contributed by atoms with van der Waals surface area (Å²) in [4.78, 5) is 0. The van der Waals surface area contributed by atoms with Crippen molar-refractivity contribution in [1.82, 2.24) is 0 Å². The van der Waals surface area contributed by atoms with Crippen molar-refractivity contribution in [2.24, 2.45) is 5.73 Å². The van der Waals surface area contributed by atoms with Crippen LogP contribution in [-0.2, 0) is 21.7 Å². The van der Waals surface area contributed by atoms with Crippen molar-refractivity contribution < 1.29 is 13.8 Å². The molecule has 5 heteroatoms. The Bertz CT molecular complexity index is 686. The van der Waals surface area contributed by atoms with Gasteiger partial charge in [-0.2, -0.15) is 0 Å². The molecular formula is C21H30NO3P. The Kier molecular flexibility index (Phi) is 8.37. The highest BCUT2D eigenvalue weighted by molar-refractivity contribution is 7.58. The maximum atomic E-state index is 13.3. The Hall–Kier alpha value is -1.61. The largest absolute Gasteiger partial charge is 0.484 e. The van der Waals surface area contributed by atoms with Crippen molar-refractivity contribution >= 4 is 7.37 Å². The SMILES string of the molecule is CCCCO[P@@](=O)(COc1ccccc1)Cc1ccc(CC(C)N)cc1. The lowest BCUT2D eigenvalue weighted by molar-refractivity contribution is 0.275. The zero-order valence-corrected chi connectivity index (χ0v) is 16.7. The van der Waals surface area contributed by atoms with Crippen molar-refractivity contribution in [2.75, 3.05) is 13.0 Å². The molecule has 0 saturated carbocycles. The first-order valence-electron chi connectivity index (χ1n) is 9.24. The zero-order chi connectivity index (χ0) is 18.8. The topological polar surface area (TPSA) is 61.5 Å². The van der Waals surface area contributed by atoms with Crippen molar-refractivity contribution in [3.8, 4) is 5.75 Å². The summed E-state index contributed by atoms with van der Waals surface area (Å²) in [5.74, 6) is 0.707. The molecule has 0 bridgehead atoms. The van der Waals surface area contributed by atoms with Gasteiger partial charge in [-0.05, 0) is 43.0 Å². The highest BCUT2D eigenvalue weighted by Gasteiger charge is 2.25. The third-order valence-corrected chi connectivity index (χ3v) is 6.02. The first kappa shape index (κ1) is 20.7. The van der Waals surface area contributed by atoms with Gasteiger partial charge < -0.3 is 15.0 Å². The molecule has 26 heavy (non-hydrogen) atoms. The molecule has 0 aliphatic carbocycles. The van der Waals surface area contributed by atoms with Gasteiger partial charge in [0.05, 0.1) is 12.8 Å². The van der Waals surface area contributed by atoms with E-state index in [9.17, 15) is 4.57 Å². The zero-order valence-electron chi connectivity index (χ0n) is 15.8. The Morgan fingerprint density at radius 3 is 2.31 bits per heavy atom. The van der Waals surface area contributed by atoms with Crippen molar-refractivity contribution in [3.05, 3.63) is 65.7 Å². The Morgan fingerprint density at radius 1 is 1.04 bits per heavy atom. The van der Waals surface area contributed by atoms with Gasteiger partial charge in [-0.15, -0.1) is 0 Å². The summed E-state index contributed by atoms with van der Waals surface area (Å²) in [6, 6.07) is 17.7. The van der Waals surface area contributed by atoms with Crippen LogP contribution in [0.15, 0.2) is 54.6 Å². The lowest BCUT2D eigenvalue weighted by atomic mass is 10.1. The van der Waals surface area contributed by atoms with E-state index in [2.05, 4.69) is 6.92 Å². The summed E-state index contributed by atoms with van der Waals surface area (Å²) in [5.41, 5.74) is 8.03. The molecule has 1 unspecified atom stereocenters. The van der Waals surface area contributed by atoms with E-state index in [0.29, 0.717) is 18.5 Å². The number of ether oxygens (including phenoxy) is 1. The Labute approximate surface area is 157 Å². The molecule has 0 fully saturated rings. The fraction of sp³-hybridized carbons (Fsp3) is 0.429. The van der Waals surface area contributed by atoms with Crippen LogP contribution in [0.4, 0.5) is 0 Å². The van der Waals surface area contributed by atoms with Crippen LogP contribution in [-0.4, -0.2) is 19.0 Å². The number of unbranched alkanes of at least 4 members (excludes halogenated alkanes) is 1. The Morgan fingerprint density at radius 2 is 1.69 bits per heavy atom. The van der Waals surface area contributed by atoms with Crippen LogP contribution in [0.25, 0.3) is 0 Å². The number of benzene rings is 2. The van der Waals surface area contributed by atoms with Crippen LogP contribution in [0.3, 0.4) is 0 Å². The number of hydrogen-bond donors (Lipinski definition) is 1. The number of rotatable bonds is 11. The standard InChI is InChI=1S/C21H30NO3P/c1-3-4-14-25-26(23,17-24-21-8-6-5-7-9-21)16-20-12-10-19(11-13-20)15-18(2)22/h5-13,18H,3-4,14-17,22H2,1-2H3/t18?,26-/m1/s1. The molecule has 0 aliphatic heterocycles. The summed E-state index contributed by atoms with van der Waals surface area (Å²) >= 11 is 0. The minimum atomic E-state index is -2.93. The highest BCUT2D eigenvalue weighted by atomic mass is 31.2. The van der Waals surface area contributed by atoms with Crippen LogP contribution in [0.2, 0.25) is 0 Å². The molecule has 2 rings (SSSR count). The molecule has 0 saturated heterocycles. The van der Waals surface area contributed by atoms with E-state index in [1.807, 2.05) is 61.5 Å². The van der Waals surface area contributed by atoms with E-state index in [-0.39, 0.29) is 12.4 Å². The second-order valence-electron chi connectivity index (χ2n) is 6.74. The summed E-state index contributed by atoms with van der Waals surface area (Å²) < 4.78 is 24.9. The summed E-state index contributed by atoms with van der Waals surface area (Å²) in [6.45, 7) is 4.57. The van der Waals surface area contributed by atoms with Crippen molar-refractivity contribution in [3.63, 3.8) is 0 Å². The van der Waals surface area contributed by atoms with Gasteiger partial charge in [0.1, 0.15) is 5.75 Å². The van der Waals surface area contributed by atoms with E-state index in [4.69, 9.17) is 15.0 Å². The number of hydrogen-bond acceptors (Lipinski definition) is 4. The minimum Gasteiger partial charge on any atom is -0.484 e. The predicted octanol–water partition coefficient (Wildman–Crippen LogP) is 5.21. The summed E-state index contributed by atoms with van der Waals surface area (Å²) in [6.07, 6.45) is 3.19. The third-order valence-electron chi connectivity index (χ3n) is 4.00. The molecule has 0 radical (unpaired) electrons. The smallest absolute Gasteiger partial charge is 0.243 e. The molecule has 2 N–H and O–H groups in total. The van der Waals surface area contributed by atoms with Crippen LogP contribution >= 0.6 is 7.37 Å². The van der Waals surface area contributed by atoms with E-state index in [0.717, 1.165) is 24.8 Å². The van der Waals surface area contributed by atoms with Crippen LogP contribution < -0.4 is 10.5 Å². The summed E-state index contributed by atoms with van der Waals surface area (Å²) in [5, 5.41) is 0. The lowest BCUT2D eigenvalue weighted by Crippen LogP contribution is -2.17. The van der Waals surface area contributed by atoms with Crippen LogP contribution in [0, 0.1) is 0 Å². The van der Waals surface area contributed by atoms with Crippen LogP contribution in [0.5, 0.6) is 5.75 Å². The third kappa shape index (κ3) is 7.33. The maximum Gasteiger partial charge on any atom is 0.243 e. The van der Waals surface area contributed by atoms with Gasteiger partial charge in [0.2, 0.25) is 7.37 Å². The molecule has 0 spiro atoms. The maximum absolute atomic E-state index is 13.3. The van der Waals surface area contributed by atoms with E-state index < -0.39 is 7.37 Å². The number of nitrogens with two attached hydrogens (primary N) is 1. The van der Waals surface area contributed by atoms with Crippen molar-refractivity contribution in [1.29, 1.82) is 0 Å². The van der Waals surface area contributed by atoms with Gasteiger partial charge >= 0.3 is 0 Å². The molecule has 0 heterocycles. The molecule has 4 nitrogen and oxygen atoms in total. The molecule has 142 valence electrons. The van der Waals surface area contributed by atoms with Gasteiger partial charge in [-0.3, -0.25) is 4.57 Å². The molecule has 2 aromatic rings. The van der Waals surface area contributed by atoms with E-state index in [1.165, 1.54) is 5.56 Å². The van der Waals surface area contributed by atoms with Gasteiger partial charge in [-0.25, -0.2) is 0 Å². The monoisotopic (exact) mass is 375 g/mol. The average molecular weight is 375 g/mol. The van der Waals surface area contributed by atoms with Crippen molar-refractivity contribution in [2.45, 2.75) is 45.3 Å². The second kappa shape index (κ2) is 10.5. The molecule has 0 aromatic heterocycles. The molecule has 0 amide bonds.